The van der Waals surface area contributed by atoms with Gasteiger partial charge in [-0.05, 0) is 23.8 Å². The summed E-state index contributed by atoms with van der Waals surface area (Å²) in [6.45, 7) is 0. The lowest BCUT2D eigenvalue weighted by atomic mass is 9.89. The van der Waals surface area contributed by atoms with Crippen LogP contribution in [0.25, 0.3) is 11.1 Å². The molecule has 5 heteroatoms. The highest BCUT2D eigenvalue weighted by Crippen LogP contribution is 2.34. The van der Waals surface area contributed by atoms with Gasteiger partial charge in [-0.1, -0.05) is 11.5 Å². The minimum atomic E-state index is -0.0907. The maximum atomic E-state index is 11.1. The summed E-state index contributed by atoms with van der Waals surface area (Å²) < 4.78 is 5.17. The third kappa shape index (κ3) is 2.40. The predicted molar refractivity (Wildman–Crippen MR) is 72.5 cm³/mol. The van der Waals surface area contributed by atoms with Crippen molar-refractivity contribution >= 4 is 19.6 Å². The molecule has 0 aliphatic heterocycles. The molecule has 0 saturated carbocycles. The SMILES string of the molecule is [B]c1cc(-c2ccc(O)cc2C=O)c(OC)cc1O. The number of hydrogen-bond acceptors (Lipinski definition) is 4. The van der Waals surface area contributed by atoms with Crippen LogP contribution in [-0.4, -0.2) is 31.5 Å². The first-order valence-corrected chi connectivity index (χ1v) is 5.52. The minimum absolute atomic E-state index is 0.00318. The number of phenolic OH excluding ortho intramolecular Hbond substituents is 2. The Morgan fingerprint density at radius 2 is 1.89 bits per heavy atom. The normalized spacial score (nSPS) is 10.2. The summed E-state index contributed by atoms with van der Waals surface area (Å²) >= 11 is 0. The van der Waals surface area contributed by atoms with Gasteiger partial charge in [0.1, 0.15) is 25.1 Å². The van der Waals surface area contributed by atoms with Crippen molar-refractivity contribution in [1.82, 2.24) is 0 Å². The molecule has 0 aliphatic carbocycles. The maximum Gasteiger partial charge on any atom is 0.150 e. The Bertz CT molecular complexity index is 638. The van der Waals surface area contributed by atoms with E-state index in [0.717, 1.165) is 0 Å². The molecule has 0 spiro atoms. The molecule has 0 saturated heterocycles. The number of aromatic hydroxyl groups is 2. The van der Waals surface area contributed by atoms with Crippen LogP contribution in [0.5, 0.6) is 17.2 Å². The molecule has 0 amide bonds. The number of methoxy groups -OCH3 is 1. The second-order valence-electron chi connectivity index (χ2n) is 4.00. The first-order valence-electron chi connectivity index (χ1n) is 5.52. The fraction of sp³-hybridized carbons (Fsp3) is 0.0714. The van der Waals surface area contributed by atoms with Crippen LogP contribution in [0.4, 0.5) is 0 Å². The van der Waals surface area contributed by atoms with Crippen LogP contribution in [-0.2, 0) is 0 Å². The molecule has 0 aromatic heterocycles. The molecule has 0 atom stereocenters. The molecular weight excluding hydrogens is 243 g/mol. The topological polar surface area (TPSA) is 66.8 Å². The van der Waals surface area contributed by atoms with Crippen molar-refractivity contribution in [2.24, 2.45) is 0 Å². The van der Waals surface area contributed by atoms with Gasteiger partial charge in [0.2, 0.25) is 0 Å². The highest BCUT2D eigenvalue weighted by molar-refractivity contribution is 6.34. The summed E-state index contributed by atoms with van der Waals surface area (Å²) in [5, 5.41) is 18.9. The summed E-state index contributed by atoms with van der Waals surface area (Å²) in [5.74, 6) is 0.295. The quantitative estimate of drug-likeness (QED) is 0.641. The lowest BCUT2D eigenvalue weighted by molar-refractivity contribution is 0.112. The van der Waals surface area contributed by atoms with Gasteiger partial charge in [-0.25, -0.2) is 0 Å². The standard InChI is InChI=1S/C14H11BO4/c1-19-14-6-13(18)12(15)5-11(14)10-3-2-9(17)4-8(10)7-16/h2-7,17-18H,1H3. The molecule has 2 N–H and O–H groups in total. The Hall–Kier alpha value is -2.43. The monoisotopic (exact) mass is 254 g/mol. The molecule has 2 aromatic rings. The number of rotatable bonds is 3. The number of ether oxygens (including phenoxy) is 1. The van der Waals surface area contributed by atoms with E-state index in [1.165, 1.54) is 31.4 Å². The third-order valence-corrected chi connectivity index (χ3v) is 2.80. The lowest BCUT2D eigenvalue weighted by Crippen LogP contribution is -2.05. The van der Waals surface area contributed by atoms with Crippen molar-refractivity contribution in [1.29, 1.82) is 0 Å². The fourth-order valence-corrected chi connectivity index (χ4v) is 1.86. The van der Waals surface area contributed by atoms with Gasteiger partial charge in [-0.3, -0.25) is 4.79 Å². The molecule has 2 aromatic carbocycles. The Balaban J connectivity index is 2.71. The van der Waals surface area contributed by atoms with Crippen LogP contribution >= 0.6 is 0 Å². The summed E-state index contributed by atoms with van der Waals surface area (Å²) in [5.41, 5.74) is 1.63. The van der Waals surface area contributed by atoms with Crippen LogP contribution in [0.15, 0.2) is 30.3 Å². The Morgan fingerprint density at radius 3 is 2.53 bits per heavy atom. The van der Waals surface area contributed by atoms with E-state index in [-0.39, 0.29) is 17.0 Å². The van der Waals surface area contributed by atoms with Crippen LogP contribution in [0.2, 0.25) is 0 Å². The number of hydrogen-bond donors (Lipinski definition) is 2. The third-order valence-electron chi connectivity index (χ3n) is 2.80. The largest absolute Gasteiger partial charge is 0.508 e. The van der Waals surface area contributed by atoms with Gasteiger partial charge in [0.05, 0.1) is 7.11 Å². The van der Waals surface area contributed by atoms with E-state index in [0.29, 0.717) is 28.7 Å². The van der Waals surface area contributed by atoms with Gasteiger partial charge in [0, 0.05) is 17.2 Å². The zero-order chi connectivity index (χ0) is 14.0. The van der Waals surface area contributed by atoms with E-state index < -0.39 is 0 Å². The molecule has 0 aliphatic rings. The molecule has 19 heavy (non-hydrogen) atoms. The average molecular weight is 254 g/mol. The van der Waals surface area contributed by atoms with Crippen LogP contribution in [0.1, 0.15) is 10.4 Å². The van der Waals surface area contributed by atoms with Gasteiger partial charge in [-0.2, -0.15) is 0 Å². The van der Waals surface area contributed by atoms with Gasteiger partial charge < -0.3 is 14.9 Å². The van der Waals surface area contributed by atoms with E-state index in [9.17, 15) is 15.0 Å². The number of aldehydes is 1. The molecule has 0 bridgehead atoms. The van der Waals surface area contributed by atoms with Crippen molar-refractivity contribution in [3.63, 3.8) is 0 Å². The highest BCUT2D eigenvalue weighted by Gasteiger charge is 2.13. The first kappa shape index (κ1) is 13.0. The molecule has 0 fully saturated rings. The Morgan fingerprint density at radius 1 is 1.16 bits per heavy atom. The Labute approximate surface area is 111 Å². The van der Waals surface area contributed by atoms with Gasteiger partial charge >= 0.3 is 0 Å². The second kappa shape index (κ2) is 5.06. The molecule has 0 unspecified atom stereocenters. The summed E-state index contributed by atoms with van der Waals surface area (Å²) in [7, 11) is 7.11. The number of carbonyl (C=O) groups excluding carboxylic acids is 1. The molecule has 2 radical (unpaired) electrons. The lowest BCUT2D eigenvalue weighted by Gasteiger charge is -2.13. The highest BCUT2D eigenvalue weighted by atomic mass is 16.5. The summed E-state index contributed by atoms with van der Waals surface area (Å²) in [6, 6.07) is 7.31. The first-order chi connectivity index (χ1) is 9.06. The molecule has 0 heterocycles. The summed E-state index contributed by atoms with van der Waals surface area (Å²) in [4.78, 5) is 11.1. The minimum Gasteiger partial charge on any atom is -0.508 e. The van der Waals surface area contributed by atoms with Gasteiger partial charge in [0.15, 0.2) is 6.29 Å². The Kier molecular flexibility index (Phi) is 3.47. The molecular formula is C14H11BO4. The molecule has 4 nitrogen and oxygen atoms in total. The summed E-state index contributed by atoms with van der Waals surface area (Å²) in [6.07, 6.45) is 0.636. The van der Waals surface area contributed by atoms with E-state index in [1.54, 1.807) is 6.07 Å². The van der Waals surface area contributed by atoms with Gasteiger partial charge in [0.25, 0.3) is 0 Å². The van der Waals surface area contributed by atoms with E-state index >= 15 is 0 Å². The van der Waals surface area contributed by atoms with Crippen LogP contribution < -0.4 is 10.2 Å². The number of phenols is 2. The van der Waals surface area contributed by atoms with Gasteiger partial charge in [-0.15, -0.1) is 0 Å². The number of carbonyl (C=O) groups is 1. The van der Waals surface area contributed by atoms with E-state index in [1.807, 2.05) is 0 Å². The van der Waals surface area contributed by atoms with Crippen molar-refractivity contribution in [3.05, 3.63) is 35.9 Å². The molecule has 94 valence electrons. The van der Waals surface area contributed by atoms with Crippen molar-refractivity contribution in [3.8, 4) is 28.4 Å². The zero-order valence-corrected chi connectivity index (χ0v) is 10.3. The van der Waals surface area contributed by atoms with Crippen LogP contribution in [0.3, 0.4) is 0 Å². The maximum absolute atomic E-state index is 11.1. The van der Waals surface area contributed by atoms with Crippen molar-refractivity contribution in [2.45, 2.75) is 0 Å². The van der Waals surface area contributed by atoms with Crippen molar-refractivity contribution in [2.75, 3.05) is 7.11 Å². The number of benzene rings is 2. The second-order valence-corrected chi connectivity index (χ2v) is 4.00. The van der Waals surface area contributed by atoms with E-state index in [2.05, 4.69) is 0 Å². The van der Waals surface area contributed by atoms with Crippen molar-refractivity contribution < 1.29 is 19.7 Å². The predicted octanol–water partition coefficient (Wildman–Crippen LogP) is 1.38. The zero-order valence-electron chi connectivity index (χ0n) is 10.3. The average Bonchev–Trinajstić information content (AvgIpc) is 2.41. The molecule has 2 rings (SSSR count). The van der Waals surface area contributed by atoms with E-state index in [4.69, 9.17) is 12.6 Å². The smallest absolute Gasteiger partial charge is 0.150 e. The van der Waals surface area contributed by atoms with Crippen LogP contribution in [0, 0.1) is 0 Å². The fourth-order valence-electron chi connectivity index (χ4n) is 1.86.